The van der Waals surface area contributed by atoms with Crippen LogP contribution in [0.4, 0.5) is 0 Å². The summed E-state index contributed by atoms with van der Waals surface area (Å²) < 4.78 is 6.94. The Morgan fingerprint density at radius 2 is 1.68 bits per heavy atom. The molecule has 2 aromatic carbocycles. The average Bonchev–Trinajstić information content (AvgIpc) is 2.37. The SMILES string of the molecule is CC(C)(C)c1cccc(OCc2ccc(Br)cc2)c1. The normalized spacial score (nSPS) is 11.4. The summed E-state index contributed by atoms with van der Waals surface area (Å²) in [5.41, 5.74) is 2.61. The first kappa shape index (κ1) is 14.1. The van der Waals surface area contributed by atoms with E-state index >= 15 is 0 Å². The van der Waals surface area contributed by atoms with Gasteiger partial charge >= 0.3 is 0 Å². The summed E-state index contributed by atoms with van der Waals surface area (Å²) in [6.45, 7) is 7.23. The highest BCUT2D eigenvalue weighted by molar-refractivity contribution is 9.10. The standard InChI is InChI=1S/C17H19BrO/c1-17(2,3)14-5-4-6-16(11-14)19-12-13-7-9-15(18)10-8-13/h4-11H,12H2,1-3H3. The number of hydrogen-bond acceptors (Lipinski definition) is 1. The molecule has 2 rings (SSSR count). The van der Waals surface area contributed by atoms with E-state index < -0.39 is 0 Å². The second-order valence-corrected chi connectivity index (χ2v) is 6.61. The lowest BCUT2D eigenvalue weighted by Gasteiger charge is -2.19. The molecule has 0 aliphatic rings. The highest BCUT2D eigenvalue weighted by atomic mass is 79.9. The van der Waals surface area contributed by atoms with Crippen LogP contribution < -0.4 is 4.74 Å². The lowest BCUT2D eigenvalue weighted by Crippen LogP contribution is -2.10. The summed E-state index contributed by atoms with van der Waals surface area (Å²) in [5.74, 6) is 0.926. The van der Waals surface area contributed by atoms with Crippen LogP contribution in [0.2, 0.25) is 0 Å². The summed E-state index contributed by atoms with van der Waals surface area (Å²) in [4.78, 5) is 0. The van der Waals surface area contributed by atoms with Gasteiger partial charge in [0.1, 0.15) is 12.4 Å². The molecule has 0 spiro atoms. The molecule has 2 aromatic rings. The maximum atomic E-state index is 5.85. The summed E-state index contributed by atoms with van der Waals surface area (Å²) in [6, 6.07) is 16.5. The minimum absolute atomic E-state index is 0.150. The summed E-state index contributed by atoms with van der Waals surface area (Å²) in [7, 11) is 0. The van der Waals surface area contributed by atoms with Crippen molar-refractivity contribution in [2.75, 3.05) is 0 Å². The topological polar surface area (TPSA) is 9.23 Å². The lowest BCUT2D eigenvalue weighted by atomic mass is 9.87. The van der Waals surface area contributed by atoms with Gasteiger partial charge in [0, 0.05) is 4.47 Å². The van der Waals surface area contributed by atoms with Gasteiger partial charge in [0.05, 0.1) is 0 Å². The molecule has 0 saturated carbocycles. The van der Waals surface area contributed by atoms with Gasteiger partial charge in [-0.2, -0.15) is 0 Å². The molecule has 0 atom stereocenters. The third kappa shape index (κ3) is 4.10. The molecule has 19 heavy (non-hydrogen) atoms. The van der Waals surface area contributed by atoms with Crippen LogP contribution in [0.1, 0.15) is 31.9 Å². The van der Waals surface area contributed by atoms with Gasteiger partial charge in [-0.15, -0.1) is 0 Å². The molecule has 0 aliphatic heterocycles. The first-order valence-electron chi connectivity index (χ1n) is 6.43. The van der Waals surface area contributed by atoms with E-state index in [0.29, 0.717) is 6.61 Å². The van der Waals surface area contributed by atoms with E-state index in [4.69, 9.17) is 4.74 Å². The van der Waals surface area contributed by atoms with Gasteiger partial charge in [0.2, 0.25) is 0 Å². The molecule has 0 fully saturated rings. The fourth-order valence-corrected chi connectivity index (χ4v) is 2.06. The molecule has 0 amide bonds. The number of hydrogen-bond donors (Lipinski definition) is 0. The molecule has 0 unspecified atom stereocenters. The molecule has 0 bridgehead atoms. The van der Waals surface area contributed by atoms with Crippen molar-refractivity contribution in [1.29, 1.82) is 0 Å². The lowest BCUT2D eigenvalue weighted by molar-refractivity contribution is 0.305. The largest absolute Gasteiger partial charge is 0.489 e. The van der Waals surface area contributed by atoms with Gasteiger partial charge in [-0.3, -0.25) is 0 Å². The molecule has 2 heteroatoms. The van der Waals surface area contributed by atoms with Crippen LogP contribution >= 0.6 is 15.9 Å². The van der Waals surface area contributed by atoms with Crippen molar-refractivity contribution in [2.24, 2.45) is 0 Å². The minimum atomic E-state index is 0.150. The molecule has 0 saturated heterocycles. The monoisotopic (exact) mass is 318 g/mol. The molecule has 0 N–H and O–H groups in total. The second kappa shape index (κ2) is 5.79. The number of rotatable bonds is 3. The van der Waals surface area contributed by atoms with E-state index in [9.17, 15) is 0 Å². The average molecular weight is 319 g/mol. The van der Waals surface area contributed by atoms with Gasteiger partial charge in [-0.1, -0.05) is 61.0 Å². The molecular weight excluding hydrogens is 300 g/mol. The van der Waals surface area contributed by atoms with Crippen LogP contribution in [-0.2, 0) is 12.0 Å². The van der Waals surface area contributed by atoms with Crippen molar-refractivity contribution in [1.82, 2.24) is 0 Å². The zero-order chi connectivity index (χ0) is 13.9. The summed E-state index contributed by atoms with van der Waals surface area (Å²) in [5, 5.41) is 0. The number of ether oxygens (including phenoxy) is 1. The van der Waals surface area contributed by atoms with E-state index in [0.717, 1.165) is 10.2 Å². The highest BCUT2D eigenvalue weighted by Crippen LogP contribution is 2.26. The van der Waals surface area contributed by atoms with Crippen molar-refractivity contribution < 1.29 is 4.74 Å². The van der Waals surface area contributed by atoms with Gasteiger partial charge in [0.25, 0.3) is 0 Å². The number of benzene rings is 2. The minimum Gasteiger partial charge on any atom is -0.489 e. The Labute approximate surface area is 123 Å². The van der Waals surface area contributed by atoms with Crippen molar-refractivity contribution in [2.45, 2.75) is 32.8 Å². The highest BCUT2D eigenvalue weighted by Gasteiger charge is 2.13. The quantitative estimate of drug-likeness (QED) is 0.743. The Hall–Kier alpha value is -1.28. The zero-order valence-electron chi connectivity index (χ0n) is 11.6. The van der Waals surface area contributed by atoms with Crippen LogP contribution in [0.5, 0.6) is 5.75 Å². The molecule has 1 nitrogen and oxygen atoms in total. The maximum absolute atomic E-state index is 5.85. The summed E-state index contributed by atoms with van der Waals surface area (Å²) >= 11 is 3.43. The van der Waals surface area contributed by atoms with Crippen molar-refractivity contribution >= 4 is 15.9 Å². The van der Waals surface area contributed by atoms with E-state index in [1.165, 1.54) is 11.1 Å². The maximum Gasteiger partial charge on any atom is 0.120 e. The van der Waals surface area contributed by atoms with E-state index in [1.807, 2.05) is 18.2 Å². The third-order valence-electron chi connectivity index (χ3n) is 3.02. The number of halogens is 1. The molecule has 0 heterocycles. The van der Waals surface area contributed by atoms with Crippen LogP contribution in [0, 0.1) is 0 Å². The van der Waals surface area contributed by atoms with Gasteiger partial charge in [-0.25, -0.2) is 0 Å². The Balaban J connectivity index is 2.05. The first-order chi connectivity index (χ1) is 8.95. The molecule has 0 aromatic heterocycles. The predicted molar refractivity (Wildman–Crippen MR) is 83.6 cm³/mol. The fraction of sp³-hybridized carbons (Fsp3) is 0.294. The van der Waals surface area contributed by atoms with E-state index in [-0.39, 0.29) is 5.41 Å². The first-order valence-corrected chi connectivity index (χ1v) is 7.22. The van der Waals surface area contributed by atoms with Gasteiger partial charge in [0.15, 0.2) is 0 Å². The third-order valence-corrected chi connectivity index (χ3v) is 3.55. The van der Waals surface area contributed by atoms with Crippen LogP contribution in [0.3, 0.4) is 0 Å². The van der Waals surface area contributed by atoms with E-state index in [2.05, 4.69) is 67.0 Å². The van der Waals surface area contributed by atoms with Crippen LogP contribution in [0.15, 0.2) is 53.0 Å². The van der Waals surface area contributed by atoms with Crippen molar-refractivity contribution in [3.8, 4) is 5.75 Å². The Morgan fingerprint density at radius 3 is 2.32 bits per heavy atom. The van der Waals surface area contributed by atoms with Crippen LogP contribution in [-0.4, -0.2) is 0 Å². The fourth-order valence-electron chi connectivity index (χ4n) is 1.80. The smallest absolute Gasteiger partial charge is 0.120 e. The zero-order valence-corrected chi connectivity index (χ0v) is 13.2. The Bertz CT molecular complexity index is 538. The molecule has 0 radical (unpaired) electrons. The summed E-state index contributed by atoms with van der Waals surface area (Å²) in [6.07, 6.45) is 0. The Kier molecular flexibility index (Phi) is 4.31. The molecular formula is C17H19BrO. The predicted octanol–water partition coefficient (Wildman–Crippen LogP) is 5.33. The second-order valence-electron chi connectivity index (χ2n) is 5.69. The Morgan fingerprint density at radius 1 is 1.00 bits per heavy atom. The molecule has 0 aliphatic carbocycles. The van der Waals surface area contributed by atoms with Crippen molar-refractivity contribution in [3.05, 3.63) is 64.1 Å². The van der Waals surface area contributed by atoms with E-state index in [1.54, 1.807) is 0 Å². The van der Waals surface area contributed by atoms with Gasteiger partial charge < -0.3 is 4.74 Å². The van der Waals surface area contributed by atoms with Crippen LogP contribution in [0.25, 0.3) is 0 Å². The van der Waals surface area contributed by atoms with Gasteiger partial charge in [-0.05, 0) is 40.8 Å². The molecule has 100 valence electrons. The van der Waals surface area contributed by atoms with Crippen molar-refractivity contribution in [3.63, 3.8) is 0 Å².